The molecule has 0 atom stereocenters. The maximum Gasteiger partial charge on any atom is 0.151 e. The lowest BCUT2D eigenvalue weighted by atomic mass is 10.3. The lowest BCUT2D eigenvalue weighted by Gasteiger charge is -1.99. The molecule has 2 rings (SSSR count). The number of benzene rings is 1. The van der Waals surface area contributed by atoms with E-state index in [-0.39, 0.29) is 0 Å². The van der Waals surface area contributed by atoms with Crippen molar-refractivity contribution in [3.05, 3.63) is 54.4 Å². The second-order valence-electron chi connectivity index (χ2n) is 2.81. The Morgan fingerprint density at radius 3 is 2.46 bits per heavy atom. The first-order chi connectivity index (χ1) is 6.40. The van der Waals surface area contributed by atoms with E-state index in [1.54, 1.807) is 6.07 Å². The van der Waals surface area contributed by atoms with Crippen LogP contribution in [-0.4, -0.2) is 10.9 Å². The number of rotatable bonds is 2. The maximum absolute atomic E-state index is 10.4. The Kier molecular flexibility index (Phi) is 1.96. The van der Waals surface area contributed by atoms with Crippen molar-refractivity contribution in [3.8, 4) is 5.69 Å². The van der Waals surface area contributed by atoms with Gasteiger partial charge in [0.05, 0.1) is 0 Å². The van der Waals surface area contributed by atoms with Gasteiger partial charge in [-0.1, -0.05) is 18.2 Å². The molecule has 0 saturated heterocycles. The fourth-order valence-electron chi connectivity index (χ4n) is 1.24. The second kappa shape index (κ2) is 3.27. The maximum atomic E-state index is 10.4. The zero-order valence-corrected chi connectivity index (χ0v) is 7.05. The molecule has 1 aromatic heterocycles. The average Bonchev–Trinajstić information content (AvgIpc) is 2.67. The van der Waals surface area contributed by atoms with Crippen LogP contribution in [-0.2, 0) is 0 Å². The minimum Gasteiger partial charge on any atom is -0.323 e. The highest BCUT2D eigenvalue weighted by atomic mass is 16.1. The third kappa shape index (κ3) is 1.51. The third-order valence-corrected chi connectivity index (χ3v) is 1.91. The Balaban J connectivity index is 2.41. The van der Waals surface area contributed by atoms with E-state index in [0.29, 0.717) is 5.56 Å². The summed E-state index contributed by atoms with van der Waals surface area (Å²) in [6.45, 7) is 0. The lowest BCUT2D eigenvalue weighted by Crippen LogP contribution is -1.87. The largest absolute Gasteiger partial charge is 0.323 e. The molecule has 1 heterocycles. The van der Waals surface area contributed by atoms with Gasteiger partial charge in [0.2, 0.25) is 0 Å². The van der Waals surface area contributed by atoms with Crippen molar-refractivity contribution in [2.45, 2.75) is 0 Å². The molecule has 2 heteroatoms. The number of carbonyl (C=O) groups excluding carboxylic acids is 1. The van der Waals surface area contributed by atoms with Crippen molar-refractivity contribution in [2.24, 2.45) is 0 Å². The van der Waals surface area contributed by atoms with Gasteiger partial charge in [-0.3, -0.25) is 4.79 Å². The van der Waals surface area contributed by atoms with Crippen molar-refractivity contribution >= 4 is 6.29 Å². The Morgan fingerprint density at radius 1 is 1.08 bits per heavy atom. The molecule has 0 N–H and O–H groups in total. The van der Waals surface area contributed by atoms with E-state index in [4.69, 9.17) is 0 Å². The highest BCUT2D eigenvalue weighted by Gasteiger charge is 1.95. The van der Waals surface area contributed by atoms with Crippen LogP contribution in [0.3, 0.4) is 0 Å². The van der Waals surface area contributed by atoms with E-state index in [0.717, 1.165) is 12.0 Å². The molecule has 0 spiro atoms. The summed E-state index contributed by atoms with van der Waals surface area (Å²) < 4.78 is 1.92. The van der Waals surface area contributed by atoms with E-state index in [1.165, 1.54) is 0 Å². The first-order valence-electron chi connectivity index (χ1n) is 4.09. The molecule has 0 amide bonds. The lowest BCUT2D eigenvalue weighted by molar-refractivity contribution is 0.112. The number of carbonyl (C=O) groups is 1. The van der Waals surface area contributed by atoms with Crippen LogP contribution in [0.25, 0.3) is 5.69 Å². The first kappa shape index (κ1) is 7.80. The Morgan fingerprint density at radius 2 is 1.85 bits per heavy atom. The molecule has 13 heavy (non-hydrogen) atoms. The molecule has 0 unspecified atom stereocenters. The van der Waals surface area contributed by atoms with Gasteiger partial charge in [0.25, 0.3) is 0 Å². The van der Waals surface area contributed by atoms with Gasteiger partial charge in [-0.25, -0.2) is 0 Å². The number of aromatic nitrogens is 1. The molecule has 0 fully saturated rings. The van der Waals surface area contributed by atoms with Gasteiger partial charge in [0.1, 0.15) is 0 Å². The Hall–Kier alpha value is -1.83. The SMILES string of the molecule is O=Cc1ccn(-c2ccccc2)c1. The summed E-state index contributed by atoms with van der Waals surface area (Å²) in [5.41, 5.74) is 1.76. The van der Waals surface area contributed by atoms with Crippen molar-refractivity contribution < 1.29 is 4.79 Å². The Bertz CT molecular complexity index is 403. The molecule has 1 aromatic carbocycles. The zero-order chi connectivity index (χ0) is 9.10. The van der Waals surface area contributed by atoms with Crippen LogP contribution in [0.5, 0.6) is 0 Å². The van der Waals surface area contributed by atoms with Crippen molar-refractivity contribution in [1.82, 2.24) is 4.57 Å². The second-order valence-corrected chi connectivity index (χ2v) is 2.81. The molecule has 2 nitrogen and oxygen atoms in total. The highest BCUT2D eigenvalue weighted by molar-refractivity contribution is 5.74. The number of hydrogen-bond acceptors (Lipinski definition) is 1. The van der Waals surface area contributed by atoms with Crippen molar-refractivity contribution in [3.63, 3.8) is 0 Å². The van der Waals surface area contributed by atoms with Crippen LogP contribution >= 0.6 is 0 Å². The molecule has 0 aliphatic carbocycles. The molecular formula is C11H9NO. The zero-order valence-electron chi connectivity index (χ0n) is 7.05. The minimum absolute atomic E-state index is 0.698. The summed E-state index contributed by atoms with van der Waals surface area (Å²) in [5, 5.41) is 0. The monoisotopic (exact) mass is 171 g/mol. The van der Waals surface area contributed by atoms with E-state index >= 15 is 0 Å². The standard InChI is InChI=1S/C11H9NO/c13-9-10-6-7-12(8-10)11-4-2-1-3-5-11/h1-9H. The summed E-state index contributed by atoms with van der Waals surface area (Å²) in [6, 6.07) is 11.7. The molecule has 2 aromatic rings. The summed E-state index contributed by atoms with van der Waals surface area (Å²) in [6.07, 6.45) is 4.53. The van der Waals surface area contributed by atoms with Gasteiger partial charge in [-0.05, 0) is 18.2 Å². The minimum atomic E-state index is 0.698. The quantitative estimate of drug-likeness (QED) is 0.635. The van der Waals surface area contributed by atoms with Crippen LogP contribution in [0.2, 0.25) is 0 Å². The topological polar surface area (TPSA) is 22.0 Å². The predicted octanol–water partition coefficient (Wildman–Crippen LogP) is 2.29. The van der Waals surface area contributed by atoms with Crippen LogP contribution in [0.15, 0.2) is 48.8 Å². The van der Waals surface area contributed by atoms with Gasteiger partial charge >= 0.3 is 0 Å². The average molecular weight is 171 g/mol. The van der Waals surface area contributed by atoms with E-state index in [9.17, 15) is 4.79 Å². The molecule has 0 saturated carbocycles. The number of nitrogens with zero attached hydrogens (tertiary/aromatic N) is 1. The summed E-state index contributed by atoms with van der Waals surface area (Å²) in [4.78, 5) is 10.4. The summed E-state index contributed by atoms with van der Waals surface area (Å²) in [7, 11) is 0. The molecule has 0 radical (unpaired) electrons. The van der Waals surface area contributed by atoms with E-state index < -0.39 is 0 Å². The van der Waals surface area contributed by atoms with E-state index in [1.807, 2.05) is 47.3 Å². The predicted molar refractivity (Wildman–Crippen MR) is 51.2 cm³/mol. The fraction of sp³-hybridized carbons (Fsp3) is 0. The molecule has 0 aliphatic rings. The van der Waals surface area contributed by atoms with Crippen molar-refractivity contribution in [2.75, 3.05) is 0 Å². The van der Waals surface area contributed by atoms with Gasteiger partial charge in [-0.2, -0.15) is 0 Å². The number of para-hydroxylation sites is 1. The van der Waals surface area contributed by atoms with E-state index in [2.05, 4.69) is 0 Å². The normalized spacial score (nSPS) is 9.85. The number of hydrogen-bond donors (Lipinski definition) is 0. The van der Waals surface area contributed by atoms with Crippen LogP contribution in [0.4, 0.5) is 0 Å². The van der Waals surface area contributed by atoms with Crippen LogP contribution in [0.1, 0.15) is 10.4 Å². The molecule has 0 bridgehead atoms. The first-order valence-corrected chi connectivity index (χ1v) is 4.09. The van der Waals surface area contributed by atoms with Crippen molar-refractivity contribution in [1.29, 1.82) is 0 Å². The molecular weight excluding hydrogens is 162 g/mol. The molecule has 64 valence electrons. The van der Waals surface area contributed by atoms with Crippen LogP contribution < -0.4 is 0 Å². The van der Waals surface area contributed by atoms with Gasteiger partial charge in [0.15, 0.2) is 6.29 Å². The van der Waals surface area contributed by atoms with Gasteiger partial charge in [-0.15, -0.1) is 0 Å². The Labute approximate surface area is 76.4 Å². The smallest absolute Gasteiger partial charge is 0.151 e. The highest BCUT2D eigenvalue weighted by Crippen LogP contribution is 2.08. The summed E-state index contributed by atoms with van der Waals surface area (Å²) in [5.74, 6) is 0. The molecule has 0 aliphatic heterocycles. The van der Waals surface area contributed by atoms with Gasteiger partial charge < -0.3 is 4.57 Å². The van der Waals surface area contributed by atoms with Gasteiger partial charge in [0, 0.05) is 23.6 Å². The number of aldehydes is 1. The van der Waals surface area contributed by atoms with Crippen LogP contribution in [0, 0.1) is 0 Å². The fourth-order valence-corrected chi connectivity index (χ4v) is 1.24. The summed E-state index contributed by atoms with van der Waals surface area (Å²) >= 11 is 0. The third-order valence-electron chi connectivity index (χ3n) is 1.91.